The van der Waals surface area contributed by atoms with Crippen LogP contribution in [-0.2, 0) is 16.0 Å². The monoisotopic (exact) mass is 294 g/mol. The van der Waals surface area contributed by atoms with E-state index >= 15 is 0 Å². The average Bonchev–Trinajstić information content (AvgIpc) is 3.23. The lowest BCUT2D eigenvalue weighted by Crippen LogP contribution is -2.27. The molecule has 2 atom stereocenters. The van der Waals surface area contributed by atoms with E-state index in [4.69, 9.17) is 9.47 Å². The maximum Gasteiger partial charge on any atom is 0.123 e. The summed E-state index contributed by atoms with van der Waals surface area (Å²) in [5.41, 5.74) is 2.08. The molecule has 1 aliphatic carbocycles. The number of rotatable bonds is 6. The van der Waals surface area contributed by atoms with Gasteiger partial charge in [-0.25, -0.2) is 4.39 Å². The highest BCUT2D eigenvalue weighted by molar-refractivity contribution is 5.55. The lowest BCUT2D eigenvalue weighted by Gasteiger charge is -2.22. The van der Waals surface area contributed by atoms with Gasteiger partial charge in [0.25, 0.3) is 0 Å². The van der Waals surface area contributed by atoms with Crippen molar-refractivity contribution in [3.63, 3.8) is 0 Å². The van der Waals surface area contributed by atoms with Crippen LogP contribution in [-0.4, -0.2) is 45.6 Å². The highest BCUT2D eigenvalue weighted by Crippen LogP contribution is 2.28. The molecule has 0 aromatic heterocycles. The standard InChI is InChI=1S/C16H23FN2O2/c1-20-15-9-19(10-16(15)21-2)14-6-3-12(17)7-11(14)8-18-13-4-5-13/h3,6-7,13,15-16,18H,4-5,8-10H2,1-2H3. The van der Waals surface area contributed by atoms with Gasteiger partial charge < -0.3 is 19.7 Å². The molecule has 1 N–H and O–H groups in total. The maximum absolute atomic E-state index is 13.6. The van der Waals surface area contributed by atoms with E-state index in [0.717, 1.165) is 24.3 Å². The van der Waals surface area contributed by atoms with Crippen LogP contribution in [0, 0.1) is 5.82 Å². The Labute approximate surface area is 125 Å². The quantitative estimate of drug-likeness (QED) is 0.869. The molecular weight excluding hydrogens is 271 g/mol. The molecule has 1 saturated carbocycles. The van der Waals surface area contributed by atoms with Crippen LogP contribution in [0.4, 0.5) is 10.1 Å². The average molecular weight is 294 g/mol. The molecule has 0 spiro atoms. The number of benzene rings is 1. The summed E-state index contributed by atoms with van der Waals surface area (Å²) in [5.74, 6) is -0.183. The van der Waals surface area contributed by atoms with Gasteiger partial charge in [-0.15, -0.1) is 0 Å². The van der Waals surface area contributed by atoms with Crippen LogP contribution in [0.2, 0.25) is 0 Å². The Morgan fingerprint density at radius 1 is 1.19 bits per heavy atom. The molecule has 0 radical (unpaired) electrons. The molecule has 0 amide bonds. The fourth-order valence-corrected chi connectivity index (χ4v) is 2.94. The van der Waals surface area contributed by atoms with Gasteiger partial charge in [0, 0.05) is 45.6 Å². The molecule has 2 aliphatic rings. The van der Waals surface area contributed by atoms with E-state index in [9.17, 15) is 4.39 Å². The zero-order valence-corrected chi connectivity index (χ0v) is 12.6. The van der Waals surface area contributed by atoms with E-state index in [1.165, 1.54) is 18.9 Å². The van der Waals surface area contributed by atoms with Gasteiger partial charge in [0.1, 0.15) is 18.0 Å². The van der Waals surface area contributed by atoms with Crippen molar-refractivity contribution < 1.29 is 13.9 Å². The predicted molar refractivity (Wildman–Crippen MR) is 80.1 cm³/mol. The number of halogens is 1. The first-order valence-corrected chi connectivity index (χ1v) is 7.53. The van der Waals surface area contributed by atoms with Crippen LogP contribution in [0.5, 0.6) is 0 Å². The van der Waals surface area contributed by atoms with Crippen LogP contribution in [0.3, 0.4) is 0 Å². The number of hydrogen-bond acceptors (Lipinski definition) is 4. The van der Waals surface area contributed by atoms with Crippen molar-refractivity contribution in [2.24, 2.45) is 0 Å². The topological polar surface area (TPSA) is 33.7 Å². The van der Waals surface area contributed by atoms with Crippen molar-refractivity contribution in [3.8, 4) is 0 Å². The molecular formula is C16H23FN2O2. The molecule has 116 valence electrons. The molecule has 3 rings (SSSR count). The van der Waals surface area contributed by atoms with Crippen LogP contribution >= 0.6 is 0 Å². The highest BCUT2D eigenvalue weighted by Gasteiger charge is 2.34. The Hall–Kier alpha value is -1.17. The largest absolute Gasteiger partial charge is 0.377 e. The molecule has 1 aromatic rings. The Kier molecular flexibility index (Phi) is 4.42. The molecule has 1 aliphatic heterocycles. The van der Waals surface area contributed by atoms with Gasteiger partial charge in [-0.1, -0.05) is 0 Å². The number of hydrogen-bond donors (Lipinski definition) is 1. The van der Waals surface area contributed by atoms with E-state index in [1.807, 2.05) is 6.07 Å². The van der Waals surface area contributed by atoms with Crippen LogP contribution in [0.15, 0.2) is 18.2 Å². The van der Waals surface area contributed by atoms with E-state index in [-0.39, 0.29) is 18.0 Å². The fourth-order valence-electron chi connectivity index (χ4n) is 2.94. The smallest absolute Gasteiger partial charge is 0.123 e. The van der Waals surface area contributed by atoms with Crippen molar-refractivity contribution in [2.75, 3.05) is 32.2 Å². The highest BCUT2D eigenvalue weighted by atomic mass is 19.1. The van der Waals surface area contributed by atoms with Gasteiger partial charge in [0.05, 0.1) is 0 Å². The first-order chi connectivity index (χ1) is 10.2. The molecule has 1 saturated heterocycles. The van der Waals surface area contributed by atoms with Crippen molar-refractivity contribution in [1.29, 1.82) is 0 Å². The zero-order chi connectivity index (χ0) is 14.8. The zero-order valence-electron chi connectivity index (χ0n) is 12.6. The minimum absolute atomic E-state index is 0.0595. The second-order valence-electron chi connectivity index (χ2n) is 5.88. The van der Waals surface area contributed by atoms with Gasteiger partial charge >= 0.3 is 0 Å². The second-order valence-corrected chi connectivity index (χ2v) is 5.88. The molecule has 0 bridgehead atoms. The lowest BCUT2D eigenvalue weighted by molar-refractivity contribution is -0.00461. The minimum atomic E-state index is -0.183. The van der Waals surface area contributed by atoms with Gasteiger partial charge in [0.2, 0.25) is 0 Å². The summed E-state index contributed by atoms with van der Waals surface area (Å²) < 4.78 is 24.5. The SMILES string of the molecule is COC1CN(c2ccc(F)cc2CNC2CC2)CC1OC. The summed E-state index contributed by atoms with van der Waals surface area (Å²) in [5, 5.41) is 3.46. The van der Waals surface area contributed by atoms with Crippen LogP contribution in [0.25, 0.3) is 0 Å². The van der Waals surface area contributed by atoms with E-state index in [2.05, 4.69) is 10.2 Å². The van der Waals surface area contributed by atoms with E-state index < -0.39 is 0 Å². The molecule has 5 heteroatoms. The molecule has 1 heterocycles. The Morgan fingerprint density at radius 3 is 2.43 bits per heavy atom. The van der Waals surface area contributed by atoms with Crippen LogP contribution in [0.1, 0.15) is 18.4 Å². The van der Waals surface area contributed by atoms with Gasteiger partial charge in [-0.3, -0.25) is 0 Å². The first-order valence-electron chi connectivity index (χ1n) is 7.53. The third kappa shape index (κ3) is 3.36. The summed E-state index contributed by atoms with van der Waals surface area (Å²) >= 11 is 0. The molecule has 4 nitrogen and oxygen atoms in total. The summed E-state index contributed by atoms with van der Waals surface area (Å²) in [6.07, 6.45) is 2.58. The third-order valence-electron chi connectivity index (χ3n) is 4.36. The molecule has 21 heavy (non-hydrogen) atoms. The lowest BCUT2D eigenvalue weighted by atomic mass is 10.1. The van der Waals surface area contributed by atoms with Gasteiger partial charge in [-0.05, 0) is 36.6 Å². The normalized spacial score (nSPS) is 25.6. The van der Waals surface area contributed by atoms with Gasteiger partial charge in [-0.2, -0.15) is 0 Å². The number of nitrogens with one attached hydrogen (secondary N) is 1. The fraction of sp³-hybridized carbons (Fsp3) is 0.625. The number of anilines is 1. The summed E-state index contributed by atoms with van der Waals surface area (Å²) in [6, 6.07) is 5.63. The minimum Gasteiger partial charge on any atom is -0.377 e. The number of methoxy groups -OCH3 is 2. The van der Waals surface area contributed by atoms with Crippen molar-refractivity contribution in [2.45, 2.75) is 37.6 Å². The Morgan fingerprint density at radius 2 is 1.86 bits per heavy atom. The Bertz CT molecular complexity index is 481. The number of nitrogens with zero attached hydrogens (tertiary/aromatic N) is 1. The third-order valence-corrected chi connectivity index (χ3v) is 4.36. The molecule has 2 fully saturated rings. The Balaban J connectivity index is 1.77. The van der Waals surface area contributed by atoms with E-state index in [1.54, 1.807) is 20.3 Å². The van der Waals surface area contributed by atoms with Crippen LogP contribution < -0.4 is 10.2 Å². The summed E-state index contributed by atoms with van der Waals surface area (Å²) in [4.78, 5) is 2.23. The van der Waals surface area contributed by atoms with Gasteiger partial charge in [0.15, 0.2) is 0 Å². The van der Waals surface area contributed by atoms with Crippen molar-refractivity contribution >= 4 is 5.69 Å². The molecule has 1 aromatic carbocycles. The maximum atomic E-state index is 13.6. The second kappa shape index (κ2) is 6.30. The summed E-state index contributed by atoms with van der Waals surface area (Å²) in [7, 11) is 3.42. The first kappa shape index (κ1) is 14.8. The predicted octanol–water partition coefficient (Wildman–Crippen LogP) is 1.93. The van der Waals surface area contributed by atoms with E-state index in [0.29, 0.717) is 12.6 Å². The van der Waals surface area contributed by atoms with Crippen molar-refractivity contribution in [3.05, 3.63) is 29.6 Å². The molecule has 2 unspecified atom stereocenters. The summed E-state index contributed by atoms with van der Waals surface area (Å²) in [6.45, 7) is 2.26. The van der Waals surface area contributed by atoms with Crippen molar-refractivity contribution in [1.82, 2.24) is 5.32 Å². The number of ether oxygens (including phenoxy) is 2.